The van der Waals surface area contributed by atoms with Crippen LogP contribution < -0.4 is 0 Å². The van der Waals surface area contributed by atoms with Crippen molar-refractivity contribution in [2.45, 2.75) is 44.8 Å². The Balaban J connectivity index is 1.45. The van der Waals surface area contributed by atoms with Crippen molar-refractivity contribution in [1.82, 2.24) is 14.8 Å². The van der Waals surface area contributed by atoms with Gasteiger partial charge in [0.25, 0.3) is 0 Å². The molecule has 2 unspecified atom stereocenters. The lowest BCUT2D eigenvalue weighted by molar-refractivity contribution is -0.159. The molecule has 1 N–H and O–H groups in total. The van der Waals surface area contributed by atoms with E-state index >= 15 is 0 Å². The molecule has 35 heavy (non-hydrogen) atoms. The van der Waals surface area contributed by atoms with Gasteiger partial charge in [-0.1, -0.05) is 86.6 Å². The van der Waals surface area contributed by atoms with Crippen molar-refractivity contribution in [2.75, 3.05) is 6.54 Å². The molecule has 1 aromatic heterocycles. The number of nitrogens with zero attached hydrogens (tertiary/aromatic N) is 2. The zero-order valence-electron chi connectivity index (χ0n) is 20.1. The highest BCUT2D eigenvalue weighted by atomic mass is 16.2. The lowest BCUT2D eigenvalue weighted by Crippen LogP contribution is -2.62. The minimum atomic E-state index is -0.513. The van der Waals surface area contributed by atoms with E-state index in [1.54, 1.807) is 4.90 Å². The van der Waals surface area contributed by atoms with Crippen LogP contribution in [-0.4, -0.2) is 39.2 Å². The average Bonchev–Trinajstić information content (AvgIpc) is 3.25. The highest BCUT2D eigenvalue weighted by Gasteiger charge is 2.48. The number of hydrogen-bond donors (Lipinski definition) is 1. The Kier molecular flexibility index (Phi) is 5.21. The van der Waals surface area contributed by atoms with Crippen LogP contribution in [0.1, 0.15) is 53.8 Å². The first kappa shape index (κ1) is 21.7. The number of carbonyl (C=O) groups excluding carboxylic acids is 2. The molecule has 6 rings (SSSR count). The first-order valence-corrected chi connectivity index (χ1v) is 12.3. The molecule has 2 atom stereocenters. The van der Waals surface area contributed by atoms with E-state index in [1.807, 2.05) is 47.4 Å². The number of hydrogen-bond acceptors (Lipinski definition) is 2. The van der Waals surface area contributed by atoms with E-state index in [0.29, 0.717) is 18.9 Å². The van der Waals surface area contributed by atoms with Crippen LogP contribution in [0.15, 0.2) is 78.9 Å². The number of carbonyl (C=O) groups is 2. The maximum Gasteiger partial charge on any atom is 0.246 e. The van der Waals surface area contributed by atoms with Gasteiger partial charge in [-0.25, -0.2) is 0 Å². The van der Waals surface area contributed by atoms with E-state index in [2.05, 4.69) is 55.2 Å². The van der Waals surface area contributed by atoms with Crippen LogP contribution in [0.25, 0.3) is 10.9 Å². The molecule has 3 heterocycles. The Morgan fingerprint density at radius 3 is 2.37 bits per heavy atom. The fraction of sp³-hybridized carbons (Fsp3) is 0.267. The molecule has 0 bridgehead atoms. The Bertz CT molecular complexity index is 1400. The summed E-state index contributed by atoms with van der Waals surface area (Å²) in [5.74, 6) is 0.442. The van der Waals surface area contributed by atoms with Gasteiger partial charge in [0, 0.05) is 29.6 Å². The van der Waals surface area contributed by atoms with E-state index < -0.39 is 6.04 Å². The molecular formula is C30H29N3O2. The van der Waals surface area contributed by atoms with Crippen molar-refractivity contribution in [3.8, 4) is 0 Å². The molecule has 176 valence electrons. The maximum absolute atomic E-state index is 13.8. The third-order valence-electron chi connectivity index (χ3n) is 7.48. The first-order valence-electron chi connectivity index (χ1n) is 12.3. The summed E-state index contributed by atoms with van der Waals surface area (Å²) in [5.41, 5.74) is 6.53. The van der Waals surface area contributed by atoms with E-state index in [-0.39, 0.29) is 24.4 Å². The van der Waals surface area contributed by atoms with Crippen LogP contribution in [-0.2, 0) is 22.6 Å². The predicted octanol–water partition coefficient (Wildman–Crippen LogP) is 5.18. The third-order valence-corrected chi connectivity index (χ3v) is 7.48. The Labute approximate surface area is 205 Å². The molecule has 0 saturated carbocycles. The predicted molar refractivity (Wildman–Crippen MR) is 137 cm³/mol. The zero-order valence-corrected chi connectivity index (χ0v) is 20.1. The molecular weight excluding hydrogens is 434 g/mol. The first-order chi connectivity index (χ1) is 17.0. The molecule has 5 heteroatoms. The fourth-order valence-electron chi connectivity index (χ4n) is 5.67. The maximum atomic E-state index is 13.8. The van der Waals surface area contributed by atoms with Gasteiger partial charge in [-0.05, 0) is 34.2 Å². The van der Waals surface area contributed by atoms with Gasteiger partial charge in [0.15, 0.2) is 0 Å². The molecule has 0 aliphatic carbocycles. The number of aromatic amines is 1. The second kappa shape index (κ2) is 8.42. The molecule has 1 saturated heterocycles. The van der Waals surface area contributed by atoms with Gasteiger partial charge < -0.3 is 14.8 Å². The van der Waals surface area contributed by atoms with E-state index in [1.165, 1.54) is 5.56 Å². The summed E-state index contributed by atoms with van der Waals surface area (Å²) >= 11 is 0. The van der Waals surface area contributed by atoms with Gasteiger partial charge in [0.05, 0.1) is 6.04 Å². The molecule has 4 aromatic rings. The molecule has 5 nitrogen and oxygen atoms in total. The quantitative estimate of drug-likeness (QED) is 0.454. The molecule has 3 aromatic carbocycles. The third kappa shape index (κ3) is 3.63. The number of nitrogens with one attached hydrogen (secondary N) is 1. The molecule has 0 spiro atoms. The number of H-pyrrole nitrogens is 1. The molecule has 0 radical (unpaired) electrons. The summed E-state index contributed by atoms with van der Waals surface area (Å²) in [7, 11) is 0. The van der Waals surface area contributed by atoms with Crippen molar-refractivity contribution in [1.29, 1.82) is 0 Å². The number of para-hydroxylation sites is 1. The summed E-state index contributed by atoms with van der Waals surface area (Å²) in [5, 5.41) is 1.13. The van der Waals surface area contributed by atoms with Crippen LogP contribution in [0.2, 0.25) is 0 Å². The number of rotatable bonds is 4. The Morgan fingerprint density at radius 1 is 0.914 bits per heavy atom. The van der Waals surface area contributed by atoms with Crippen molar-refractivity contribution >= 4 is 22.7 Å². The van der Waals surface area contributed by atoms with Gasteiger partial charge in [0.1, 0.15) is 12.6 Å². The van der Waals surface area contributed by atoms with Crippen molar-refractivity contribution in [3.63, 3.8) is 0 Å². The fourth-order valence-corrected chi connectivity index (χ4v) is 5.67. The minimum Gasteiger partial charge on any atom is -0.356 e. The second-order valence-electron chi connectivity index (χ2n) is 9.99. The summed E-state index contributed by atoms with van der Waals surface area (Å²) in [6, 6.07) is 25.8. The molecule has 2 aliphatic heterocycles. The highest BCUT2D eigenvalue weighted by Crippen LogP contribution is 2.42. The minimum absolute atomic E-state index is 0.00669. The van der Waals surface area contributed by atoms with Gasteiger partial charge in [-0.3, -0.25) is 9.59 Å². The lowest BCUT2D eigenvalue weighted by atomic mass is 9.85. The molecule has 2 aliphatic rings. The van der Waals surface area contributed by atoms with E-state index in [4.69, 9.17) is 0 Å². The number of amides is 2. The second-order valence-corrected chi connectivity index (χ2v) is 9.99. The van der Waals surface area contributed by atoms with E-state index in [9.17, 15) is 9.59 Å². The largest absolute Gasteiger partial charge is 0.356 e. The van der Waals surface area contributed by atoms with Gasteiger partial charge in [-0.2, -0.15) is 0 Å². The topological polar surface area (TPSA) is 56.4 Å². The summed E-state index contributed by atoms with van der Waals surface area (Å²) in [4.78, 5) is 34.7. The number of piperazine rings is 1. The van der Waals surface area contributed by atoms with Crippen LogP contribution in [0.4, 0.5) is 0 Å². The smallest absolute Gasteiger partial charge is 0.246 e. The number of fused-ring (bicyclic) bond motifs is 4. The number of benzene rings is 3. The van der Waals surface area contributed by atoms with Crippen molar-refractivity contribution in [3.05, 3.63) is 107 Å². The van der Waals surface area contributed by atoms with Crippen molar-refractivity contribution < 1.29 is 9.59 Å². The summed E-state index contributed by atoms with van der Waals surface area (Å²) < 4.78 is 0. The Hall–Kier alpha value is -3.86. The number of aromatic nitrogens is 1. The summed E-state index contributed by atoms with van der Waals surface area (Å²) in [6.45, 7) is 4.90. The van der Waals surface area contributed by atoms with Crippen molar-refractivity contribution in [2.24, 2.45) is 0 Å². The van der Waals surface area contributed by atoms with Crippen LogP contribution in [0, 0.1) is 0 Å². The molecule has 1 fully saturated rings. The van der Waals surface area contributed by atoms with Gasteiger partial charge in [-0.15, -0.1) is 0 Å². The monoisotopic (exact) mass is 463 g/mol. The average molecular weight is 464 g/mol. The zero-order chi connectivity index (χ0) is 24.1. The molecule has 2 amide bonds. The standard InChI is InChI=1S/C30H29N3O2/c1-19(2)21-12-14-22(15-13-21)29-28-24(23-10-6-7-11-25(23)31-28)16-26-30(35)32(18-27(34)33(26)29)17-20-8-4-3-5-9-20/h3-15,19,26,29,31H,16-18H2,1-2H3. The SMILES string of the molecule is CC(C)c1ccc(C2c3[nH]c4ccccc4c3CC3C(=O)N(Cc4ccccc4)CC(=O)N32)cc1. The van der Waals surface area contributed by atoms with Crippen LogP contribution >= 0.6 is 0 Å². The van der Waals surface area contributed by atoms with Crippen LogP contribution in [0.3, 0.4) is 0 Å². The van der Waals surface area contributed by atoms with Crippen LogP contribution in [0.5, 0.6) is 0 Å². The van der Waals surface area contributed by atoms with E-state index in [0.717, 1.165) is 33.3 Å². The Morgan fingerprint density at radius 2 is 1.63 bits per heavy atom. The highest BCUT2D eigenvalue weighted by molar-refractivity contribution is 5.97. The van der Waals surface area contributed by atoms with Gasteiger partial charge >= 0.3 is 0 Å². The lowest BCUT2D eigenvalue weighted by Gasteiger charge is -2.47. The van der Waals surface area contributed by atoms with Gasteiger partial charge in [0.2, 0.25) is 11.8 Å². The normalized spacial score (nSPS) is 19.9. The summed E-state index contributed by atoms with van der Waals surface area (Å²) in [6.07, 6.45) is 0.524.